The molecule has 0 aliphatic rings. The minimum atomic E-state index is -1.02. The van der Waals surface area contributed by atoms with Gasteiger partial charge in [0.05, 0.1) is 13.3 Å². The van der Waals surface area contributed by atoms with Gasteiger partial charge in [0, 0.05) is 0 Å². The second kappa shape index (κ2) is 2.66. The maximum absolute atomic E-state index is 10.2. The predicted octanol–water partition coefficient (Wildman–Crippen LogP) is 0.850. The number of nitrogens with zero attached hydrogens (tertiary/aromatic N) is 1. The standard InChI is InChI=1S/C5H5NO3S/c1-9-3-2-6-4(10-3)5(7)8/h2H,1H3,(H,7,8). The average molecular weight is 159 g/mol. The lowest BCUT2D eigenvalue weighted by Crippen LogP contribution is -1.92. The molecule has 0 unspecified atom stereocenters. The van der Waals surface area contributed by atoms with Crippen LogP contribution in [0.5, 0.6) is 5.06 Å². The van der Waals surface area contributed by atoms with Crippen LogP contribution >= 0.6 is 11.3 Å². The summed E-state index contributed by atoms with van der Waals surface area (Å²) < 4.78 is 4.74. The Balaban J connectivity index is 2.88. The Labute approximate surface area is 61.1 Å². The molecule has 0 saturated carbocycles. The van der Waals surface area contributed by atoms with Crippen molar-refractivity contribution in [2.75, 3.05) is 7.11 Å². The van der Waals surface area contributed by atoms with Gasteiger partial charge in [0.1, 0.15) is 0 Å². The first kappa shape index (κ1) is 7.01. The SMILES string of the molecule is COc1cnc(C(=O)O)s1. The maximum atomic E-state index is 10.2. The highest BCUT2D eigenvalue weighted by molar-refractivity contribution is 7.15. The van der Waals surface area contributed by atoms with Crippen molar-refractivity contribution in [3.8, 4) is 5.06 Å². The van der Waals surface area contributed by atoms with Gasteiger partial charge < -0.3 is 9.84 Å². The zero-order chi connectivity index (χ0) is 7.56. The van der Waals surface area contributed by atoms with Crippen LogP contribution in [-0.4, -0.2) is 23.2 Å². The molecule has 0 amide bonds. The fourth-order valence-electron chi connectivity index (χ4n) is 0.453. The van der Waals surface area contributed by atoms with E-state index in [9.17, 15) is 4.79 Å². The molecule has 1 heterocycles. The highest BCUT2D eigenvalue weighted by atomic mass is 32.1. The molecule has 0 atom stereocenters. The molecule has 0 radical (unpaired) electrons. The summed E-state index contributed by atoms with van der Waals surface area (Å²) in [5, 5.41) is 8.95. The molecule has 1 rings (SSSR count). The van der Waals surface area contributed by atoms with Gasteiger partial charge in [-0.15, -0.1) is 0 Å². The molecule has 0 fully saturated rings. The average Bonchev–Trinajstić information content (AvgIpc) is 2.34. The smallest absolute Gasteiger partial charge is 0.365 e. The Morgan fingerprint density at radius 3 is 2.90 bits per heavy atom. The van der Waals surface area contributed by atoms with Crippen LogP contribution in [0.1, 0.15) is 9.80 Å². The summed E-state index contributed by atoms with van der Waals surface area (Å²) in [6.45, 7) is 0. The van der Waals surface area contributed by atoms with Crippen molar-refractivity contribution in [2.24, 2.45) is 0 Å². The molecule has 0 aliphatic heterocycles. The van der Waals surface area contributed by atoms with E-state index >= 15 is 0 Å². The van der Waals surface area contributed by atoms with Gasteiger partial charge in [-0.25, -0.2) is 9.78 Å². The van der Waals surface area contributed by atoms with E-state index in [2.05, 4.69) is 4.98 Å². The third-order valence-electron chi connectivity index (χ3n) is 0.869. The molecule has 0 bridgehead atoms. The number of carboxylic acids is 1. The van der Waals surface area contributed by atoms with Crippen LogP contribution in [-0.2, 0) is 0 Å². The Morgan fingerprint density at radius 2 is 2.60 bits per heavy atom. The molecular formula is C5H5NO3S. The van der Waals surface area contributed by atoms with E-state index in [1.54, 1.807) is 0 Å². The van der Waals surface area contributed by atoms with Gasteiger partial charge >= 0.3 is 5.97 Å². The first-order valence-corrected chi connectivity index (χ1v) is 3.29. The summed E-state index contributed by atoms with van der Waals surface area (Å²) in [6, 6.07) is 0. The van der Waals surface area contributed by atoms with Gasteiger partial charge in [-0.3, -0.25) is 0 Å². The zero-order valence-corrected chi connectivity index (χ0v) is 6.01. The lowest BCUT2D eigenvalue weighted by molar-refractivity contribution is 0.0696. The molecule has 10 heavy (non-hydrogen) atoms. The van der Waals surface area contributed by atoms with Crippen molar-refractivity contribution in [1.29, 1.82) is 0 Å². The molecule has 0 saturated heterocycles. The van der Waals surface area contributed by atoms with E-state index in [0.717, 1.165) is 11.3 Å². The quantitative estimate of drug-likeness (QED) is 0.694. The highest BCUT2D eigenvalue weighted by Crippen LogP contribution is 2.19. The molecule has 4 nitrogen and oxygen atoms in total. The van der Waals surface area contributed by atoms with Crippen molar-refractivity contribution in [1.82, 2.24) is 4.98 Å². The Bertz CT molecular complexity index is 245. The van der Waals surface area contributed by atoms with E-state index in [1.807, 2.05) is 0 Å². The Kier molecular flexibility index (Phi) is 1.86. The van der Waals surface area contributed by atoms with Crippen molar-refractivity contribution >= 4 is 17.3 Å². The molecule has 0 aliphatic carbocycles. The number of aromatic carboxylic acids is 1. The number of rotatable bonds is 2. The zero-order valence-electron chi connectivity index (χ0n) is 5.20. The third kappa shape index (κ3) is 1.24. The maximum Gasteiger partial charge on any atom is 0.365 e. The molecule has 5 heteroatoms. The minimum Gasteiger partial charge on any atom is -0.486 e. The van der Waals surface area contributed by atoms with Crippen molar-refractivity contribution in [2.45, 2.75) is 0 Å². The molecular weight excluding hydrogens is 154 g/mol. The number of hydrogen-bond donors (Lipinski definition) is 1. The number of methoxy groups -OCH3 is 1. The molecule has 1 aromatic rings. The van der Waals surface area contributed by atoms with Crippen molar-refractivity contribution < 1.29 is 14.6 Å². The first-order chi connectivity index (χ1) is 4.74. The molecule has 0 spiro atoms. The lowest BCUT2D eigenvalue weighted by Gasteiger charge is -1.86. The second-order valence-corrected chi connectivity index (χ2v) is 2.49. The monoisotopic (exact) mass is 159 g/mol. The number of carbonyl (C=O) groups is 1. The predicted molar refractivity (Wildman–Crippen MR) is 35.6 cm³/mol. The van der Waals surface area contributed by atoms with Gasteiger partial charge in [-0.05, 0) is 0 Å². The summed E-state index contributed by atoms with van der Waals surface area (Å²) in [5.74, 6) is -1.02. The van der Waals surface area contributed by atoms with E-state index < -0.39 is 5.97 Å². The van der Waals surface area contributed by atoms with E-state index in [-0.39, 0.29) is 5.01 Å². The van der Waals surface area contributed by atoms with Crippen LogP contribution in [0.15, 0.2) is 6.20 Å². The van der Waals surface area contributed by atoms with Crippen molar-refractivity contribution in [3.05, 3.63) is 11.2 Å². The summed E-state index contributed by atoms with van der Waals surface area (Å²) in [6.07, 6.45) is 1.38. The highest BCUT2D eigenvalue weighted by Gasteiger charge is 2.07. The number of ether oxygens (including phenoxy) is 1. The topological polar surface area (TPSA) is 59.4 Å². The fraction of sp³-hybridized carbons (Fsp3) is 0.200. The minimum absolute atomic E-state index is 0.0526. The van der Waals surface area contributed by atoms with Gasteiger partial charge in [0.15, 0.2) is 5.06 Å². The van der Waals surface area contributed by atoms with Gasteiger partial charge in [-0.2, -0.15) is 0 Å². The van der Waals surface area contributed by atoms with Crippen LogP contribution in [0.2, 0.25) is 0 Å². The van der Waals surface area contributed by atoms with Crippen LogP contribution in [0.3, 0.4) is 0 Å². The third-order valence-corrected chi connectivity index (χ3v) is 1.82. The lowest BCUT2D eigenvalue weighted by atomic mass is 10.7. The summed E-state index contributed by atoms with van der Waals surface area (Å²) >= 11 is 1.01. The van der Waals surface area contributed by atoms with E-state index in [1.165, 1.54) is 13.3 Å². The molecule has 54 valence electrons. The van der Waals surface area contributed by atoms with E-state index in [0.29, 0.717) is 5.06 Å². The molecule has 0 aromatic carbocycles. The summed E-state index contributed by atoms with van der Waals surface area (Å²) in [4.78, 5) is 13.8. The van der Waals surface area contributed by atoms with Crippen LogP contribution in [0, 0.1) is 0 Å². The molecule has 1 aromatic heterocycles. The van der Waals surface area contributed by atoms with Crippen molar-refractivity contribution in [3.63, 3.8) is 0 Å². The largest absolute Gasteiger partial charge is 0.486 e. The Morgan fingerprint density at radius 1 is 1.90 bits per heavy atom. The van der Waals surface area contributed by atoms with Gasteiger partial charge in [0.2, 0.25) is 5.01 Å². The summed E-state index contributed by atoms with van der Waals surface area (Å²) in [7, 11) is 1.47. The Hall–Kier alpha value is -1.10. The first-order valence-electron chi connectivity index (χ1n) is 2.47. The second-order valence-electron chi connectivity index (χ2n) is 1.49. The summed E-state index contributed by atoms with van der Waals surface area (Å²) in [5.41, 5.74) is 0. The number of hydrogen-bond acceptors (Lipinski definition) is 4. The normalized spacial score (nSPS) is 9.30. The number of carboxylic acid groups (broad SMARTS) is 1. The van der Waals surface area contributed by atoms with Crippen LogP contribution in [0.4, 0.5) is 0 Å². The van der Waals surface area contributed by atoms with Gasteiger partial charge in [0.25, 0.3) is 0 Å². The number of thiazole rings is 1. The van der Waals surface area contributed by atoms with Crippen LogP contribution in [0.25, 0.3) is 0 Å². The van der Waals surface area contributed by atoms with Crippen LogP contribution < -0.4 is 4.74 Å². The van der Waals surface area contributed by atoms with Gasteiger partial charge in [-0.1, -0.05) is 11.3 Å². The number of aromatic nitrogens is 1. The van der Waals surface area contributed by atoms with E-state index in [4.69, 9.17) is 9.84 Å². The fourth-order valence-corrected chi connectivity index (χ4v) is 1.02. The molecule has 1 N–H and O–H groups in total.